The monoisotopic (exact) mass is 539 g/mol. The lowest BCUT2D eigenvalue weighted by molar-refractivity contribution is -0.153. The summed E-state index contributed by atoms with van der Waals surface area (Å²) < 4.78 is 5.45. The smallest absolute Gasteiger partial charge is 0.315 e. The van der Waals surface area contributed by atoms with Crippen molar-refractivity contribution in [3.8, 4) is 0 Å². The Bertz CT molecular complexity index is 1020. The normalized spacial score (nSPS) is 37.6. The van der Waals surface area contributed by atoms with Crippen LogP contribution in [0.3, 0.4) is 0 Å². The van der Waals surface area contributed by atoms with Crippen molar-refractivity contribution in [1.82, 2.24) is 0 Å². The molecule has 3 unspecified atom stereocenters. The van der Waals surface area contributed by atoms with Gasteiger partial charge in [-0.15, -0.1) is 0 Å². The van der Waals surface area contributed by atoms with Gasteiger partial charge < -0.3 is 14.9 Å². The molecule has 0 spiro atoms. The van der Waals surface area contributed by atoms with Gasteiger partial charge in [0.05, 0.1) is 24.2 Å². The van der Waals surface area contributed by atoms with E-state index < -0.39 is 23.7 Å². The van der Waals surface area contributed by atoms with E-state index in [1.807, 2.05) is 13.0 Å². The summed E-state index contributed by atoms with van der Waals surface area (Å²) in [4.78, 5) is 23.9. The van der Waals surface area contributed by atoms with E-state index in [0.29, 0.717) is 49.2 Å². The van der Waals surface area contributed by atoms with E-state index in [-0.39, 0.29) is 17.3 Å². The van der Waals surface area contributed by atoms with Crippen molar-refractivity contribution >= 4 is 5.97 Å². The lowest BCUT2D eigenvalue weighted by Crippen LogP contribution is -2.36. The molecule has 0 heterocycles. The zero-order chi connectivity index (χ0) is 28.4. The predicted octanol–water partition coefficient (Wildman–Crippen LogP) is 6.82. The molecule has 4 aliphatic rings. The number of unbranched alkanes of at least 4 members (excludes halogenated alkanes) is 1. The van der Waals surface area contributed by atoms with E-state index in [9.17, 15) is 19.9 Å². The number of allylic oxidation sites excluding steroid dienone is 4. The molecule has 0 aliphatic heterocycles. The van der Waals surface area contributed by atoms with Crippen LogP contribution in [-0.2, 0) is 9.53 Å². The summed E-state index contributed by atoms with van der Waals surface area (Å²) in [5.74, 6) is 0.849. The average Bonchev–Trinajstić information content (AvgIpc) is 3.66. The molecule has 216 valence electrons. The molecular weight excluding hydrogens is 490 g/mol. The van der Waals surface area contributed by atoms with Gasteiger partial charge in [-0.2, -0.15) is 4.91 Å². The number of esters is 1. The molecule has 39 heavy (non-hydrogen) atoms. The van der Waals surface area contributed by atoms with Crippen molar-refractivity contribution in [2.45, 2.75) is 110 Å². The Morgan fingerprint density at radius 3 is 2.64 bits per heavy atom. The molecular formula is C33H49NO5. The summed E-state index contributed by atoms with van der Waals surface area (Å²) in [7, 11) is 0. The van der Waals surface area contributed by atoms with Crippen LogP contribution in [0.15, 0.2) is 52.8 Å². The van der Waals surface area contributed by atoms with Crippen molar-refractivity contribution in [2.75, 3.05) is 6.61 Å². The van der Waals surface area contributed by atoms with Crippen molar-refractivity contribution in [2.24, 2.45) is 39.7 Å². The predicted molar refractivity (Wildman–Crippen MR) is 155 cm³/mol. The van der Waals surface area contributed by atoms with Crippen molar-refractivity contribution < 1.29 is 19.7 Å². The van der Waals surface area contributed by atoms with E-state index in [0.717, 1.165) is 44.1 Å². The van der Waals surface area contributed by atoms with Gasteiger partial charge in [-0.1, -0.05) is 75.7 Å². The fourth-order valence-corrected chi connectivity index (χ4v) is 7.73. The fourth-order valence-electron chi connectivity index (χ4n) is 7.73. The second-order valence-electron chi connectivity index (χ2n) is 13.1. The summed E-state index contributed by atoms with van der Waals surface area (Å²) in [5, 5.41) is 24.7. The van der Waals surface area contributed by atoms with Gasteiger partial charge in [0.1, 0.15) is 6.04 Å². The maximum absolute atomic E-state index is 12.6. The minimum atomic E-state index is -0.793. The van der Waals surface area contributed by atoms with Gasteiger partial charge in [-0.05, 0) is 92.1 Å². The Labute approximate surface area is 234 Å². The van der Waals surface area contributed by atoms with E-state index in [1.54, 1.807) is 0 Å². The number of carbonyl (C=O) groups excluding carboxylic acids is 1. The molecule has 0 radical (unpaired) electrons. The number of hydrogen-bond donors (Lipinski definition) is 2. The van der Waals surface area contributed by atoms with Crippen molar-refractivity contribution in [1.29, 1.82) is 0 Å². The number of rotatable bonds is 10. The Balaban J connectivity index is 1.43. The lowest BCUT2D eigenvalue weighted by atomic mass is 9.61. The van der Waals surface area contributed by atoms with Gasteiger partial charge in [-0.25, -0.2) is 0 Å². The highest BCUT2D eigenvalue weighted by Crippen LogP contribution is 2.60. The molecule has 4 fully saturated rings. The molecule has 2 N–H and O–H groups in total. The van der Waals surface area contributed by atoms with Crippen LogP contribution >= 0.6 is 0 Å². The van der Waals surface area contributed by atoms with E-state index in [1.165, 1.54) is 12.0 Å². The molecule has 6 nitrogen and oxygen atoms in total. The summed E-state index contributed by atoms with van der Waals surface area (Å²) in [5.41, 5.74) is 2.54. The van der Waals surface area contributed by atoms with Gasteiger partial charge in [0.25, 0.3) is 0 Å². The minimum Gasteiger partial charge on any atom is -0.465 e. The van der Waals surface area contributed by atoms with Crippen LogP contribution in [0.25, 0.3) is 0 Å². The maximum atomic E-state index is 12.6. The molecule has 6 heteroatoms. The largest absolute Gasteiger partial charge is 0.465 e. The van der Waals surface area contributed by atoms with Crippen LogP contribution < -0.4 is 0 Å². The Kier molecular flexibility index (Phi) is 9.37. The molecule has 0 aromatic heterocycles. The zero-order valence-electron chi connectivity index (χ0n) is 24.4. The third kappa shape index (κ3) is 5.88. The van der Waals surface area contributed by atoms with Gasteiger partial charge in [0.2, 0.25) is 0 Å². The number of hydrogen-bond acceptors (Lipinski definition) is 6. The molecule has 0 aromatic carbocycles. The second-order valence-corrected chi connectivity index (χ2v) is 13.1. The molecule has 0 aromatic rings. The van der Waals surface area contributed by atoms with Crippen LogP contribution in [0.1, 0.15) is 91.9 Å². The fraction of sp³-hybridized carbons (Fsp3) is 0.727. The minimum absolute atomic E-state index is 0.179. The molecule has 8 atom stereocenters. The molecule has 0 bridgehead atoms. The topological polar surface area (TPSA) is 96.2 Å². The van der Waals surface area contributed by atoms with Crippen LogP contribution in [0.4, 0.5) is 0 Å². The van der Waals surface area contributed by atoms with Crippen LogP contribution in [0.2, 0.25) is 0 Å². The van der Waals surface area contributed by atoms with Gasteiger partial charge in [0.15, 0.2) is 0 Å². The molecule has 4 aliphatic carbocycles. The van der Waals surface area contributed by atoms with Crippen LogP contribution in [0, 0.1) is 39.4 Å². The highest BCUT2D eigenvalue weighted by molar-refractivity contribution is 5.81. The quantitative estimate of drug-likeness (QED) is 0.137. The maximum Gasteiger partial charge on any atom is 0.315 e. The van der Waals surface area contributed by atoms with Crippen LogP contribution in [-0.4, -0.2) is 41.0 Å². The first-order valence-electron chi connectivity index (χ1n) is 15.2. The number of aliphatic hydroxyl groups excluding tert-OH is 2. The van der Waals surface area contributed by atoms with Crippen molar-refractivity contribution in [3.05, 3.63) is 52.5 Å². The third-order valence-corrected chi connectivity index (χ3v) is 10.7. The first-order chi connectivity index (χ1) is 18.6. The highest BCUT2D eigenvalue weighted by atomic mass is 16.5. The standard InChI is InChI=1S/C33H49NO5/c1-6-7-19-39-31(37)33(17-18-33)29(35)15-10-21(2)26-13-14-27-24(9-8-16-32(26,27)5)11-12-25-20-28(34-38)23(4)30(36)22(25)3/h10-12,15,21,23,26-30,35-36H,3,6-9,13-14,16-20H2,1-2,4-5H3/b15-10+,24-11+,25-12-/t21-,23?,26-,27+,28-,29+,30?,32?/m1/s1. The number of nitrogens with zero attached hydrogens (tertiary/aromatic N) is 1. The third-order valence-electron chi connectivity index (χ3n) is 10.7. The Morgan fingerprint density at radius 2 is 1.97 bits per heavy atom. The van der Waals surface area contributed by atoms with Crippen molar-refractivity contribution in [3.63, 3.8) is 0 Å². The summed E-state index contributed by atoms with van der Waals surface area (Å²) in [6.45, 7) is 13.2. The summed E-state index contributed by atoms with van der Waals surface area (Å²) in [6.07, 6.45) is 16.2. The van der Waals surface area contributed by atoms with Gasteiger partial charge in [-0.3, -0.25) is 4.79 Å². The number of carbonyl (C=O) groups is 1. The SMILES string of the molecule is C=C1/C(=C\C=C2/CCCC3(C)[C@@H]([C@H](C)/C=C/[C@H](O)C4(C(=O)OCCCC)CC4)CC[C@@H]23)C[C@@H](N=O)C(C)C1O. The first-order valence-corrected chi connectivity index (χ1v) is 15.2. The molecule has 0 amide bonds. The summed E-state index contributed by atoms with van der Waals surface area (Å²) >= 11 is 0. The number of fused-ring (bicyclic) bond motifs is 1. The van der Waals surface area contributed by atoms with E-state index in [2.05, 4.69) is 50.8 Å². The molecule has 4 saturated carbocycles. The average molecular weight is 540 g/mol. The van der Waals surface area contributed by atoms with E-state index in [4.69, 9.17) is 4.74 Å². The number of aliphatic hydroxyl groups is 2. The Morgan fingerprint density at radius 1 is 1.23 bits per heavy atom. The van der Waals surface area contributed by atoms with Gasteiger partial charge in [0, 0.05) is 5.92 Å². The highest BCUT2D eigenvalue weighted by Gasteiger charge is 2.56. The first kappa shape index (κ1) is 29.9. The zero-order valence-corrected chi connectivity index (χ0v) is 24.4. The summed E-state index contributed by atoms with van der Waals surface area (Å²) in [6, 6.07) is -0.418. The van der Waals surface area contributed by atoms with E-state index >= 15 is 0 Å². The molecule has 0 saturated heterocycles. The Hall–Kier alpha value is -2.05. The van der Waals surface area contributed by atoms with Crippen LogP contribution in [0.5, 0.6) is 0 Å². The number of nitroso groups, excluding NO2 is 1. The molecule has 4 rings (SSSR count). The number of ether oxygens (including phenoxy) is 1. The lowest BCUT2D eigenvalue weighted by Gasteiger charge is -2.44. The second kappa shape index (κ2) is 12.2. The van der Waals surface area contributed by atoms with Gasteiger partial charge >= 0.3 is 5.97 Å².